The lowest BCUT2D eigenvalue weighted by atomic mass is 10.0. The van der Waals surface area contributed by atoms with Gasteiger partial charge in [0.1, 0.15) is 0 Å². The first kappa shape index (κ1) is 16.5. The Kier molecular flexibility index (Phi) is 6.86. The van der Waals surface area contributed by atoms with Gasteiger partial charge in [-0.1, -0.05) is 11.6 Å². The minimum absolute atomic E-state index is 0.0708. The lowest BCUT2D eigenvalue weighted by molar-refractivity contribution is -0.222. The van der Waals surface area contributed by atoms with Crippen molar-refractivity contribution in [3.05, 3.63) is 11.6 Å². The van der Waals surface area contributed by atoms with Gasteiger partial charge in [0.05, 0.1) is 12.5 Å². The van der Waals surface area contributed by atoms with Crippen LogP contribution < -0.4 is 0 Å². The van der Waals surface area contributed by atoms with Crippen molar-refractivity contribution < 1.29 is 22.6 Å². The van der Waals surface area contributed by atoms with Gasteiger partial charge in [0.15, 0.2) is 6.29 Å². The number of halogens is 3. The van der Waals surface area contributed by atoms with Gasteiger partial charge >= 0.3 is 6.18 Å². The number of rotatable bonds is 6. The summed E-state index contributed by atoms with van der Waals surface area (Å²) >= 11 is 0. The van der Waals surface area contributed by atoms with E-state index >= 15 is 0 Å². The van der Waals surface area contributed by atoms with E-state index in [1.807, 2.05) is 19.9 Å². The molecule has 1 unspecified atom stereocenters. The van der Waals surface area contributed by atoms with Crippen molar-refractivity contribution in [3.63, 3.8) is 0 Å². The Morgan fingerprint density at radius 1 is 1.37 bits per heavy atom. The normalized spacial score (nSPS) is 22.1. The van der Waals surface area contributed by atoms with E-state index in [0.717, 1.165) is 18.4 Å². The third kappa shape index (κ3) is 6.97. The molecule has 0 aromatic rings. The maximum atomic E-state index is 12.9. The molecule has 2 atom stereocenters. The van der Waals surface area contributed by atoms with E-state index in [4.69, 9.17) is 9.47 Å². The second kappa shape index (κ2) is 7.90. The summed E-state index contributed by atoms with van der Waals surface area (Å²) in [5.41, 5.74) is 1.04. The monoisotopic (exact) mass is 280 g/mol. The Balaban J connectivity index is 2.38. The number of hydrogen-bond acceptors (Lipinski definition) is 2. The lowest BCUT2D eigenvalue weighted by Crippen LogP contribution is -2.31. The van der Waals surface area contributed by atoms with E-state index in [9.17, 15) is 13.2 Å². The van der Waals surface area contributed by atoms with Crippen LogP contribution in [0.15, 0.2) is 11.6 Å². The van der Waals surface area contributed by atoms with Crippen LogP contribution >= 0.6 is 0 Å². The second-order valence-electron chi connectivity index (χ2n) is 5.23. The minimum atomic E-state index is -4.20. The molecule has 112 valence electrons. The molecule has 0 radical (unpaired) electrons. The Bertz CT molecular complexity index is 277. The maximum absolute atomic E-state index is 12.9. The molecule has 0 aliphatic carbocycles. The van der Waals surface area contributed by atoms with Crippen molar-refractivity contribution in [2.45, 2.75) is 58.4 Å². The van der Waals surface area contributed by atoms with E-state index in [0.29, 0.717) is 19.4 Å². The number of allylic oxidation sites excluding steroid dienone is 2. The number of ether oxygens (including phenoxy) is 2. The standard InChI is InChI=1S/C14H23F3O2/c1-11(2)6-5-7-12(14(15,16)17)10-19-13-8-3-4-9-18-13/h6,12-13H,3-5,7-10H2,1-2H3/t12-,13?/m0/s1. The Morgan fingerprint density at radius 2 is 2.11 bits per heavy atom. The van der Waals surface area contributed by atoms with E-state index < -0.39 is 18.4 Å². The zero-order chi connectivity index (χ0) is 14.3. The van der Waals surface area contributed by atoms with E-state index in [-0.39, 0.29) is 13.0 Å². The minimum Gasteiger partial charge on any atom is -0.353 e. The van der Waals surface area contributed by atoms with Crippen LogP contribution in [0.25, 0.3) is 0 Å². The van der Waals surface area contributed by atoms with Crippen LogP contribution in [0.4, 0.5) is 13.2 Å². The van der Waals surface area contributed by atoms with Gasteiger partial charge in [0.2, 0.25) is 0 Å². The van der Waals surface area contributed by atoms with Crippen molar-refractivity contribution >= 4 is 0 Å². The average molecular weight is 280 g/mol. The SMILES string of the molecule is CC(C)=CCC[C@@H](COC1CCCCO1)C(F)(F)F. The largest absolute Gasteiger partial charge is 0.394 e. The Labute approximate surface area is 113 Å². The highest BCUT2D eigenvalue weighted by atomic mass is 19.4. The van der Waals surface area contributed by atoms with Crippen molar-refractivity contribution in [3.8, 4) is 0 Å². The maximum Gasteiger partial charge on any atom is 0.394 e. The van der Waals surface area contributed by atoms with Gasteiger partial charge in [-0.25, -0.2) is 0 Å². The molecule has 0 N–H and O–H groups in total. The highest BCUT2D eigenvalue weighted by molar-refractivity contribution is 4.93. The third-order valence-electron chi connectivity index (χ3n) is 3.15. The average Bonchev–Trinajstić information content (AvgIpc) is 2.33. The van der Waals surface area contributed by atoms with Gasteiger partial charge in [0.25, 0.3) is 0 Å². The first-order chi connectivity index (χ1) is 8.89. The zero-order valence-corrected chi connectivity index (χ0v) is 11.6. The number of alkyl halides is 3. The molecule has 1 aliphatic rings. The van der Waals surface area contributed by atoms with Crippen molar-refractivity contribution in [1.82, 2.24) is 0 Å². The molecule has 0 bridgehead atoms. The highest BCUT2D eigenvalue weighted by Gasteiger charge is 2.39. The fourth-order valence-electron chi connectivity index (χ4n) is 1.98. The van der Waals surface area contributed by atoms with E-state index in [1.54, 1.807) is 0 Å². The van der Waals surface area contributed by atoms with Crippen LogP contribution in [0.5, 0.6) is 0 Å². The third-order valence-corrected chi connectivity index (χ3v) is 3.15. The lowest BCUT2D eigenvalue weighted by Gasteiger charge is -2.26. The van der Waals surface area contributed by atoms with E-state index in [2.05, 4.69) is 0 Å². The molecule has 0 saturated carbocycles. The summed E-state index contributed by atoms with van der Waals surface area (Å²) in [6.07, 6.45) is 0.283. The molecular formula is C14H23F3O2. The molecular weight excluding hydrogens is 257 g/mol. The predicted octanol–water partition coefficient (Wildman–Crippen LogP) is 4.45. The molecule has 0 aromatic carbocycles. The van der Waals surface area contributed by atoms with Crippen molar-refractivity contribution in [2.75, 3.05) is 13.2 Å². The molecule has 1 saturated heterocycles. The molecule has 1 rings (SSSR count). The Hall–Kier alpha value is -0.550. The van der Waals surface area contributed by atoms with Crippen LogP contribution in [0.3, 0.4) is 0 Å². The molecule has 0 spiro atoms. The van der Waals surface area contributed by atoms with Crippen LogP contribution in [-0.2, 0) is 9.47 Å². The van der Waals surface area contributed by atoms with Gasteiger partial charge in [-0.2, -0.15) is 13.2 Å². The predicted molar refractivity (Wildman–Crippen MR) is 67.8 cm³/mol. The van der Waals surface area contributed by atoms with Gasteiger partial charge in [0, 0.05) is 6.61 Å². The molecule has 1 fully saturated rings. The van der Waals surface area contributed by atoms with Crippen LogP contribution in [0.1, 0.15) is 46.0 Å². The summed E-state index contributed by atoms with van der Waals surface area (Å²) < 4.78 is 49.1. The zero-order valence-electron chi connectivity index (χ0n) is 11.6. The first-order valence-corrected chi connectivity index (χ1v) is 6.83. The molecule has 5 heteroatoms. The molecule has 1 heterocycles. The van der Waals surface area contributed by atoms with Gasteiger partial charge in [-0.05, 0) is 46.0 Å². The van der Waals surface area contributed by atoms with Gasteiger partial charge in [-0.3, -0.25) is 0 Å². The highest BCUT2D eigenvalue weighted by Crippen LogP contribution is 2.31. The summed E-state index contributed by atoms with van der Waals surface area (Å²) in [5.74, 6) is -1.41. The molecule has 1 aliphatic heterocycles. The topological polar surface area (TPSA) is 18.5 Å². The smallest absolute Gasteiger partial charge is 0.353 e. The molecule has 19 heavy (non-hydrogen) atoms. The summed E-state index contributed by atoms with van der Waals surface area (Å²) in [6.45, 7) is 4.05. The van der Waals surface area contributed by atoms with E-state index in [1.165, 1.54) is 0 Å². The van der Waals surface area contributed by atoms with Gasteiger partial charge < -0.3 is 9.47 Å². The summed E-state index contributed by atoms with van der Waals surface area (Å²) in [5, 5.41) is 0. The van der Waals surface area contributed by atoms with Crippen LogP contribution in [-0.4, -0.2) is 25.7 Å². The van der Waals surface area contributed by atoms with Crippen LogP contribution in [0, 0.1) is 5.92 Å². The fourth-order valence-corrected chi connectivity index (χ4v) is 1.98. The van der Waals surface area contributed by atoms with Crippen molar-refractivity contribution in [2.24, 2.45) is 5.92 Å². The van der Waals surface area contributed by atoms with Gasteiger partial charge in [-0.15, -0.1) is 0 Å². The quantitative estimate of drug-likeness (QED) is 0.669. The molecule has 0 aromatic heterocycles. The molecule has 0 amide bonds. The number of hydrogen-bond donors (Lipinski definition) is 0. The first-order valence-electron chi connectivity index (χ1n) is 6.83. The summed E-state index contributed by atoms with van der Waals surface area (Å²) in [7, 11) is 0. The summed E-state index contributed by atoms with van der Waals surface area (Å²) in [4.78, 5) is 0. The Morgan fingerprint density at radius 3 is 2.63 bits per heavy atom. The second-order valence-corrected chi connectivity index (χ2v) is 5.23. The fraction of sp³-hybridized carbons (Fsp3) is 0.857. The van der Waals surface area contributed by atoms with Crippen LogP contribution in [0.2, 0.25) is 0 Å². The van der Waals surface area contributed by atoms with Crippen molar-refractivity contribution in [1.29, 1.82) is 0 Å². The molecule has 2 nitrogen and oxygen atoms in total. The summed E-state index contributed by atoms with van der Waals surface area (Å²) in [6, 6.07) is 0.